The van der Waals surface area contributed by atoms with E-state index in [1.807, 2.05) is 38.1 Å². The second kappa shape index (κ2) is 4.82. The molecule has 1 aromatic rings. The first-order valence-electron chi connectivity index (χ1n) is 5.08. The number of aliphatic carboxylic acids is 1. The Kier molecular flexibility index (Phi) is 3.72. The number of carbonyl (C=O) groups is 1. The average molecular weight is 207 g/mol. The summed E-state index contributed by atoms with van der Waals surface area (Å²) in [5.74, 6) is -0.440. The first-order valence-corrected chi connectivity index (χ1v) is 5.08. The predicted molar refractivity (Wildman–Crippen MR) is 60.7 cm³/mol. The van der Waals surface area contributed by atoms with Gasteiger partial charge in [0.15, 0.2) is 0 Å². The molecular weight excluding hydrogens is 190 g/mol. The minimum atomic E-state index is -0.767. The predicted octanol–water partition coefficient (Wildman–Crippen LogP) is 2.48. The van der Waals surface area contributed by atoms with Gasteiger partial charge in [0.2, 0.25) is 0 Å². The number of rotatable bonds is 4. The summed E-state index contributed by atoms with van der Waals surface area (Å²) in [6.45, 7) is 4.05. The van der Waals surface area contributed by atoms with Crippen molar-refractivity contribution in [2.45, 2.75) is 26.2 Å². The van der Waals surface area contributed by atoms with Crippen molar-refractivity contribution < 1.29 is 9.90 Å². The zero-order valence-corrected chi connectivity index (χ0v) is 9.10. The van der Waals surface area contributed by atoms with E-state index in [-0.39, 0.29) is 12.3 Å². The largest absolute Gasteiger partial charge is 0.481 e. The molecule has 0 bridgehead atoms. The Morgan fingerprint density at radius 3 is 2.60 bits per heavy atom. The molecule has 1 rings (SSSR count). The highest BCUT2D eigenvalue weighted by molar-refractivity contribution is 5.68. The van der Waals surface area contributed by atoms with Crippen molar-refractivity contribution in [3.63, 3.8) is 0 Å². The highest BCUT2D eigenvalue weighted by atomic mass is 16.4. The van der Waals surface area contributed by atoms with Crippen molar-refractivity contribution in [1.82, 2.24) is 0 Å². The van der Waals surface area contributed by atoms with Crippen LogP contribution in [0.1, 0.15) is 31.7 Å². The summed E-state index contributed by atoms with van der Waals surface area (Å²) < 4.78 is 0. The van der Waals surface area contributed by atoms with Gasteiger partial charge in [-0.1, -0.05) is 26.0 Å². The van der Waals surface area contributed by atoms with Crippen molar-refractivity contribution in [1.29, 1.82) is 0 Å². The first-order chi connectivity index (χ1) is 7.00. The summed E-state index contributed by atoms with van der Waals surface area (Å²) >= 11 is 0. The molecule has 0 saturated heterocycles. The molecule has 3 nitrogen and oxygen atoms in total. The van der Waals surface area contributed by atoms with E-state index in [0.29, 0.717) is 11.6 Å². The van der Waals surface area contributed by atoms with Crippen molar-refractivity contribution in [2.75, 3.05) is 5.73 Å². The lowest BCUT2D eigenvalue weighted by molar-refractivity contribution is -0.137. The van der Waals surface area contributed by atoms with E-state index < -0.39 is 5.97 Å². The molecule has 0 fully saturated rings. The number of nitrogens with two attached hydrogens (primary N) is 1. The average Bonchev–Trinajstić information content (AvgIpc) is 2.13. The number of carboxylic acid groups (broad SMARTS) is 1. The van der Waals surface area contributed by atoms with Gasteiger partial charge in [0, 0.05) is 5.69 Å². The van der Waals surface area contributed by atoms with E-state index in [0.717, 1.165) is 5.56 Å². The Labute approximate surface area is 89.9 Å². The van der Waals surface area contributed by atoms with Crippen molar-refractivity contribution in [3.8, 4) is 0 Å². The molecule has 0 radical (unpaired) electrons. The number of benzene rings is 1. The molecule has 0 aliphatic rings. The number of carboxylic acids is 1. The Balaban J connectivity index is 2.93. The van der Waals surface area contributed by atoms with Crippen molar-refractivity contribution >= 4 is 11.7 Å². The van der Waals surface area contributed by atoms with Crippen LogP contribution < -0.4 is 5.73 Å². The first kappa shape index (κ1) is 11.6. The second-order valence-electron chi connectivity index (χ2n) is 4.12. The standard InChI is InChI=1S/C12H17NO2/c1-8(2)11(7-12(14)15)9-4-3-5-10(13)6-9/h3-6,8,11H,7,13H2,1-2H3,(H,14,15). The molecule has 1 atom stereocenters. The Morgan fingerprint density at radius 2 is 2.13 bits per heavy atom. The van der Waals surface area contributed by atoms with Gasteiger partial charge in [-0.15, -0.1) is 0 Å². The summed E-state index contributed by atoms with van der Waals surface area (Å²) in [6, 6.07) is 7.46. The van der Waals surface area contributed by atoms with Gasteiger partial charge < -0.3 is 10.8 Å². The fourth-order valence-corrected chi connectivity index (χ4v) is 1.72. The van der Waals surface area contributed by atoms with Crippen LogP contribution >= 0.6 is 0 Å². The van der Waals surface area contributed by atoms with Gasteiger partial charge in [-0.3, -0.25) is 4.79 Å². The highest BCUT2D eigenvalue weighted by Gasteiger charge is 2.19. The SMILES string of the molecule is CC(C)C(CC(=O)O)c1cccc(N)c1. The Morgan fingerprint density at radius 1 is 1.47 bits per heavy atom. The van der Waals surface area contributed by atoms with Gasteiger partial charge in [-0.25, -0.2) is 0 Å². The second-order valence-corrected chi connectivity index (χ2v) is 4.12. The quantitative estimate of drug-likeness (QED) is 0.745. The third-order valence-corrected chi connectivity index (χ3v) is 2.54. The summed E-state index contributed by atoms with van der Waals surface area (Å²) in [4.78, 5) is 10.7. The zero-order chi connectivity index (χ0) is 11.4. The molecule has 1 aromatic carbocycles. The summed E-state index contributed by atoms with van der Waals surface area (Å²) in [5, 5.41) is 8.83. The highest BCUT2D eigenvalue weighted by Crippen LogP contribution is 2.28. The van der Waals surface area contributed by atoms with E-state index in [2.05, 4.69) is 0 Å². The van der Waals surface area contributed by atoms with Gasteiger partial charge in [0.25, 0.3) is 0 Å². The van der Waals surface area contributed by atoms with Crippen LogP contribution in [0.5, 0.6) is 0 Å². The normalized spacial score (nSPS) is 12.7. The Bertz CT molecular complexity index is 347. The van der Waals surface area contributed by atoms with Crippen LogP contribution in [0, 0.1) is 5.92 Å². The van der Waals surface area contributed by atoms with Crippen LogP contribution in [0.15, 0.2) is 24.3 Å². The van der Waals surface area contributed by atoms with Gasteiger partial charge in [-0.2, -0.15) is 0 Å². The van der Waals surface area contributed by atoms with Crippen LogP contribution in [0.2, 0.25) is 0 Å². The van der Waals surface area contributed by atoms with Crippen LogP contribution in [0.4, 0.5) is 5.69 Å². The molecule has 0 spiro atoms. The molecular formula is C12H17NO2. The topological polar surface area (TPSA) is 63.3 Å². The smallest absolute Gasteiger partial charge is 0.303 e. The number of anilines is 1. The Hall–Kier alpha value is -1.51. The molecule has 0 aromatic heterocycles. The number of nitrogen functional groups attached to an aromatic ring is 1. The lowest BCUT2D eigenvalue weighted by atomic mass is 9.86. The van der Waals surface area contributed by atoms with Gasteiger partial charge in [-0.05, 0) is 29.5 Å². The maximum absolute atomic E-state index is 10.7. The monoisotopic (exact) mass is 207 g/mol. The van der Waals surface area contributed by atoms with Gasteiger partial charge >= 0.3 is 5.97 Å². The van der Waals surface area contributed by atoms with Crippen LogP contribution in [0.25, 0.3) is 0 Å². The molecule has 15 heavy (non-hydrogen) atoms. The molecule has 82 valence electrons. The lowest BCUT2D eigenvalue weighted by Crippen LogP contribution is -2.12. The van der Waals surface area contributed by atoms with Gasteiger partial charge in [0.1, 0.15) is 0 Å². The number of hydrogen-bond acceptors (Lipinski definition) is 2. The maximum Gasteiger partial charge on any atom is 0.303 e. The van der Waals surface area contributed by atoms with E-state index >= 15 is 0 Å². The molecule has 0 amide bonds. The van der Waals surface area contributed by atoms with E-state index in [1.54, 1.807) is 0 Å². The third kappa shape index (κ3) is 3.27. The zero-order valence-electron chi connectivity index (χ0n) is 9.10. The molecule has 1 unspecified atom stereocenters. The van der Waals surface area contributed by atoms with Gasteiger partial charge in [0.05, 0.1) is 6.42 Å². The summed E-state index contributed by atoms with van der Waals surface area (Å²) in [7, 11) is 0. The fourth-order valence-electron chi connectivity index (χ4n) is 1.72. The summed E-state index contributed by atoms with van der Waals surface area (Å²) in [6.07, 6.45) is 0.154. The van der Waals surface area contributed by atoms with Crippen molar-refractivity contribution in [3.05, 3.63) is 29.8 Å². The minimum absolute atomic E-state index is 0.0333. The third-order valence-electron chi connectivity index (χ3n) is 2.54. The lowest BCUT2D eigenvalue weighted by Gasteiger charge is -2.19. The van der Waals surface area contributed by atoms with Crippen LogP contribution in [-0.2, 0) is 4.79 Å². The maximum atomic E-state index is 10.7. The van der Waals surface area contributed by atoms with Crippen LogP contribution in [-0.4, -0.2) is 11.1 Å². The fraction of sp³-hybridized carbons (Fsp3) is 0.417. The molecule has 0 aliphatic carbocycles. The number of hydrogen-bond donors (Lipinski definition) is 2. The van der Waals surface area contributed by atoms with Crippen molar-refractivity contribution in [2.24, 2.45) is 5.92 Å². The molecule has 0 saturated carbocycles. The van der Waals surface area contributed by atoms with E-state index in [4.69, 9.17) is 10.8 Å². The summed E-state index contributed by atoms with van der Waals surface area (Å²) in [5.41, 5.74) is 7.37. The molecule has 3 N–H and O–H groups in total. The van der Waals surface area contributed by atoms with E-state index in [9.17, 15) is 4.79 Å². The molecule has 3 heteroatoms. The van der Waals surface area contributed by atoms with E-state index in [1.165, 1.54) is 0 Å². The molecule has 0 aliphatic heterocycles. The van der Waals surface area contributed by atoms with Crippen LogP contribution in [0.3, 0.4) is 0 Å². The minimum Gasteiger partial charge on any atom is -0.481 e. The molecule has 0 heterocycles.